The van der Waals surface area contributed by atoms with Crippen LogP contribution in [0.4, 0.5) is 11.4 Å². The van der Waals surface area contributed by atoms with E-state index in [1.807, 2.05) is 65.6 Å². The van der Waals surface area contributed by atoms with Crippen LogP contribution in [0.15, 0.2) is 109 Å². The molecule has 0 aliphatic carbocycles. The Hall–Kier alpha value is -5.11. The molecule has 0 aliphatic rings. The number of para-hydroxylation sites is 3. The number of ether oxygens (including phenoxy) is 2. The molecule has 1 atom stereocenters. The fourth-order valence-corrected chi connectivity index (χ4v) is 4.83. The molecule has 2 N–H and O–H groups in total. The van der Waals surface area contributed by atoms with Gasteiger partial charge in [0.1, 0.15) is 11.8 Å². The molecule has 0 heterocycles. The van der Waals surface area contributed by atoms with Gasteiger partial charge in [0, 0.05) is 25.1 Å². The van der Waals surface area contributed by atoms with Crippen LogP contribution < -0.4 is 19.7 Å². The summed E-state index contributed by atoms with van der Waals surface area (Å²) in [6.45, 7) is 3.11. The van der Waals surface area contributed by atoms with Crippen LogP contribution in [-0.4, -0.2) is 42.1 Å². The van der Waals surface area contributed by atoms with Gasteiger partial charge < -0.3 is 24.8 Å². The van der Waals surface area contributed by atoms with Gasteiger partial charge in [-0.05, 0) is 66.9 Å². The van der Waals surface area contributed by atoms with E-state index in [1.54, 1.807) is 48.5 Å². The minimum absolute atomic E-state index is 0.123. The first-order chi connectivity index (χ1) is 21.9. The Morgan fingerprint density at radius 1 is 0.800 bits per heavy atom. The summed E-state index contributed by atoms with van der Waals surface area (Å²) in [5.74, 6) is -0.532. The highest BCUT2D eigenvalue weighted by atomic mass is 16.5. The van der Waals surface area contributed by atoms with Crippen molar-refractivity contribution >= 4 is 29.2 Å². The highest BCUT2D eigenvalue weighted by Crippen LogP contribution is 2.26. The third kappa shape index (κ3) is 10.2. The minimum atomic E-state index is -1.04. The molecule has 0 radical (unpaired) electrons. The lowest BCUT2D eigenvalue weighted by Crippen LogP contribution is -2.32. The van der Waals surface area contributed by atoms with Crippen LogP contribution >= 0.6 is 0 Å². The fraction of sp³-hybridized carbons (Fsp3) is 0.270. The number of carboxylic acids is 1. The normalized spacial score (nSPS) is 11.3. The summed E-state index contributed by atoms with van der Waals surface area (Å²) < 4.78 is 11.5. The number of aliphatic carboxylic acids is 1. The van der Waals surface area contributed by atoms with E-state index >= 15 is 0 Å². The van der Waals surface area contributed by atoms with Crippen LogP contribution in [0.1, 0.15) is 54.9 Å². The molecule has 4 aromatic carbocycles. The predicted octanol–water partition coefficient (Wildman–Crippen LogP) is 7.40. The Bertz CT molecular complexity index is 1510. The number of unbranched alkanes of at least 4 members (excludes halogenated alkanes) is 2. The smallest absolute Gasteiger partial charge is 0.343 e. The number of hydrogen-bond acceptors (Lipinski definition) is 6. The molecule has 0 fully saturated rings. The predicted molar refractivity (Wildman–Crippen MR) is 176 cm³/mol. The Morgan fingerprint density at radius 2 is 1.47 bits per heavy atom. The van der Waals surface area contributed by atoms with Gasteiger partial charge in [-0.3, -0.25) is 4.79 Å². The Labute approximate surface area is 264 Å². The summed E-state index contributed by atoms with van der Waals surface area (Å²) in [5.41, 5.74) is 2.49. The number of benzene rings is 4. The summed E-state index contributed by atoms with van der Waals surface area (Å²) in [7, 11) is 0. The molecule has 0 spiro atoms. The summed E-state index contributed by atoms with van der Waals surface area (Å²) in [6.07, 6.45) is 4.38. The molecule has 1 unspecified atom stereocenters. The van der Waals surface area contributed by atoms with Gasteiger partial charge >= 0.3 is 11.9 Å². The molecule has 4 aromatic rings. The first-order valence-electron chi connectivity index (χ1n) is 15.4. The molecule has 0 saturated heterocycles. The van der Waals surface area contributed by atoms with E-state index in [0.29, 0.717) is 43.0 Å². The van der Waals surface area contributed by atoms with Crippen molar-refractivity contribution in [2.24, 2.45) is 0 Å². The van der Waals surface area contributed by atoms with Crippen LogP contribution in [0.3, 0.4) is 0 Å². The molecular formula is C37H40N2O6. The lowest BCUT2D eigenvalue weighted by Gasteiger charge is -2.23. The Balaban J connectivity index is 1.31. The number of carbonyl (C=O) groups excluding carboxylic acids is 2. The zero-order valence-corrected chi connectivity index (χ0v) is 25.6. The number of carboxylic acid groups (broad SMARTS) is 1. The van der Waals surface area contributed by atoms with Crippen molar-refractivity contribution in [2.45, 2.75) is 51.5 Å². The molecule has 1 amide bonds. The zero-order valence-electron chi connectivity index (χ0n) is 25.6. The van der Waals surface area contributed by atoms with Crippen molar-refractivity contribution in [1.29, 1.82) is 0 Å². The monoisotopic (exact) mass is 608 g/mol. The van der Waals surface area contributed by atoms with Gasteiger partial charge in [-0.1, -0.05) is 80.4 Å². The van der Waals surface area contributed by atoms with Crippen molar-refractivity contribution < 1.29 is 29.0 Å². The van der Waals surface area contributed by atoms with Gasteiger partial charge in [-0.25, -0.2) is 9.59 Å². The maximum absolute atomic E-state index is 12.9. The standard InChI is InChI=1S/C37H40N2O6/c1-2-3-6-20-35(40)39(30-16-9-5-10-17-30)25-13-26-44-31-23-21-28(22-24-31)27-33(36(41)42)38-32-18-11-12-19-34(32)45-37(43)29-14-7-4-8-15-29/h4-5,7-12,14-19,21-24,33,38H,2-3,6,13,20,25-27H2,1H3,(H,41,42). The van der Waals surface area contributed by atoms with Crippen LogP contribution in [0.25, 0.3) is 0 Å². The van der Waals surface area contributed by atoms with Crippen LogP contribution in [-0.2, 0) is 16.0 Å². The quantitative estimate of drug-likeness (QED) is 0.0731. The molecule has 8 nitrogen and oxygen atoms in total. The highest BCUT2D eigenvalue weighted by molar-refractivity contribution is 5.93. The van der Waals surface area contributed by atoms with Gasteiger partial charge in [-0.15, -0.1) is 0 Å². The third-order valence-corrected chi connectivity index (χ3v) is 7.25. The van der Waals surface area contributed by atoms with Crippen LogP contribution in [0, 0.1) is 0 Å². The topological polar surface area (TPSA) is 105 Å². The van der Waals surface area contributed by atoms with Gasteiger partial charge in [-0.2, -0.15) is 0 Å². The first-order valence-corrected chi connectivity index (χ1v) is 15.4. The van der Waals surface area contributed by atoms with Crippen molar-refractivity contribution in [2.75, 3.05) is 23.4 Å². The van der Waals surface area contributed by atoms with Gasteiger partial charge in [0.05, 0.1) is 17.9 Å². The number of rotatable bonds is 17. The summed E-state index contributed by atoms with van der Waals surface area (Å²) in [6, 6.07) is 31.4. The van der Waals surface area contributed by atoms with Crippen molar-refractivity contribution in [3.8, 4) is 11.5 Å². The zero-order chi connectivity index (χ0) is 31.9. The summed E-state index contributed by atoms with van der Waals surface area (Å²) >= 11 is 0. The lowest BCUT2D eigenvalue weighted by molar-refractivity contribution is -0.137. The number of nitrogens with one attached hydrogen (secondary N) is 1. The summed E-state index contributed by atoms with van der Waals surface area (Å²) in [5, 5.41) is 13.0. The third-order valence-electron chi connectivity index (χ3n) is 7.25. The number of esters is 1. The molecule has 0 saturated carbocycles. The Kier molecular flexibility index (Phi) is 12.6. The fourth-order valence-electron chi connectivity index (χ4n) is 4.83. The molecule has 0 bridgehead atoms. The highest BCUT2D eigenvalue weighted by Gasteiger charge is 2.21. The van der Waals surface area contributed by atoms with E-state index in [-0.39, 0.29) is 18.1 Å². The van der Waals surface area contributed by atoms with E-state index in [0.717, 1.165) is 30.5 Å². The number of carbonyl (C=O) groups is 3. The second-order valence-electron chi connectivity index (χ2n) is 10.7. The summed E-state index contributed by atoms with van der Waals surface area (Å²) in [4.78, 5) is 39.5. The molecule has 234 valence electrons. The first kappa shape index (κ1) is 32.8. The number of amides is 1. The minimum Gasteiger partial charge on any atom is -0.494 e. The van der Waals surface area contributed by atoms with E-state index in [9.17, 15) is 19.5 Å². The van der Waals surface area contributed by atoms with Crippen molar-refractivity contribution in [3.05, 3.63) is 120 Å². The average molecular weight is 609 g/mol. The van der Waals surface area contributed by atoms with E-state index in [2.05, 4.69) is 12.2 Å². The van der Waals surface area contributed by atoms with Crippen LogP contribution in [0.5, 0.6) is 11.5 Å². The van der Waals surface area contributed by atoms with E-state index in [1.165, 1.54) is 0 Å². The molecule has 0 aliphatic heterocycles. The second-order valence-corrected chi connectivity index (χ2v) is 10.7. The largest absolute Gasteiger partial charge is 0.494 e. The Morgan fingerprint density at radius 3 is 2.16 bits per heavy atom. The maximum Gasteiger partial charge on any atom is 0.343 e. The van der Waals surface area contributed by atoms with E-state index < -0.39 is 18.0 Å². The van der Waals surface area contributed by atoms with Gasteiger partial charge in [0.15, 0.2) is 5.75 Å². The van der Waals surface area contributed by atoms with Gasteiger partial charge in [0.25, 0.3) is 0 Å². The number of hydrogen-bond donors (Lipinski definition) is 2. The van der Waals surface area contributed by atoms with Crippen LogP contribution in [0.2, 0.25) is 0 Å². The number of anilines is 2. The molecule has 0 aromatic heterocycles. The molecule has 4 rings (SSSR count). The molecule has 45 heavy (non-hydrogen) atoms. The maximum atomic E-state index is 12.9. The lowest BCUT2D eigenvalue weighted by atomic mass is 10.1. The van der Waals surface area contributed by atoms with Crippen molar-refractivity contribution in [3.63, 3.8) is 0 Å². The number of nitrogens with zero attached hydrogens (tertiary/aromatic N) is 1. The molecule has 8 heteroatoms. The second kappa shape index (κ2) is 17.3. The van der Waals surface area contributed by atoms with Crippen molar-refractivity contribution in [1.82, 2.24) is 0 Å². The molecular weight excluding hydrogens is 568 g/mol. The average Bonchev–Trinajstić information content (AvgIpc) is 3.06. The van der Waals surface area contributed by atoms with E-state index in [4.69, 9.17) is 9.47 Å². The SMILES string of the molecule is CCCCCC(=O)N(CCCOc1ccc(CC(Nc2ccccc2OC(=O)c2ccccc2)C(=O)O)cc1)c1ccccc1. The van der Waals surface area contributed by atoms with Gasteiger partial charge in [0.2, 0.25) is 5.91 Å².